The van der Waals surface area contributed by atoms with E-state index in [9.17, 15) is 17.6 Å². The summed E-state index contributed by atoms with van der Waals surface area (Å²) in [6, 6.07) is 9.56. The summed E-state index contributed by atoms with van der Waals surface area (Å²) >= 11 is 0. The minimum atomic E-state index is -3.68. The summed E-state index contributed by atoms with van der Waals surface area (Å²) < 4.78 is 44.3. The molecule has 2 aromatic carbocycles. The van der Waals surface area contributed by atoms with Gasteiger partial charge in [0.05, 0.1) is 23.3 Å². The van der Waals surface area contributed by atoms with Crippen LogP contribution in [0.5, 0.6) is 5.75 Å². The number of nitrogens with one attached hydrogen (secondary N) is 1. The zero-order valence-electron chi connectivity index (χ0n) is 13.4. The first-order chi connectivity index (χ1) is 11.3. The Bertz CT molecular complexity index is 866. The summed E-state index contributed by atoms with van der Waals surface area (Å²) in [5.41, 5.74) is -0.0194. The second-order valence-electron chi connectivity index (χ2n) is 5.08. The summed E-state index contributed by atoms with van der Waals surface area (Å²) in [7, 11) is 0.503. The van der Waals surface area contributed by atoms with Crippen molar-refractivity contribution in [1.29, 1.82) is 0 Å². The highest BCUT2D eigenvalue weighted by Gasteiger charge is 2.20. The van der Waals surface area contributed by atoms with Gasteiger partial charge >= 0.3 is 0 Å². The Morgan fingerprint density at radius 1 is 1.17 bits per heavy atom. The minimum Gasteiger partial charge on any atom is -0.495 e. The summed E-state index contributed by atoms with van der Waals surface area (Å²) in [4.78, 5) is 12.2. The number of hydrogen-bond acceptors (Lipinski definition) is 4. The van der Waals surface area contributed by atoms with E-state index in [1.807, 2.05) is 0 Å². The minimum absolute atomic E-state index is 0.0165. The van der Waals surface area contributed by atoms with Gasteiger partial charge in [0.25, 0.3) is 5.91 Å². The quantitative estimate of drug-likeness (QED) is 0.896. The topological polar surface area (TPSA) is 75.7 Å². The van der Waals surface area contributed by atoms with Crippen molar-refractivity contribution >= 4 is 21.6 Å². The molecular weight excluding hydrogens is 335 g/mol. The molecule has 0 spiro atoms. The SMILES string of the molecule is COc1ccc(S(=O)(=O)N(C)C)cc1NC(=O)c1ccccc1F. The third-order valence-electron chi connectivity index (χ3n) is 3.32. The van der Waals surface area contributed by atoms with Crippen molar-refractivity contribution in [2.75, 3.05) is 26.5 Å². The smallest absolute Gasteiger partial charge is 0.258 e. The van der Waals surface area contributed by atoms with Crippen LogP contribution in [-0.2, 0) is 10.0 Å². The van der Waals surface area contributed by atoms with Gasteiger partial charge in [-0.15, -0.1) is 0 Å². The third-order valence-corrected chi connectivity index (χ3v) is 5.13. The Balaban J connectivity index is 2.42. The molecule has 2 aromatic rings. The Morgan fingerprint density at radius 2 is 1.83 bits per heavy atom. The lowest BCUT2D eigenvalue weighted by Crippen LogP contribution is -2.22. The fraction of sp³-hybridized carbons (Fsp3) is 0.188. The largest absolute Gasteiger partial charge is 0.495 e. The van der Waals surface area contributed by atoms with Crippen LogP contribution in [-0.4, -0.2) is 39.8 Å². The molecule has 1 amide bonds. The molecular formula is C16H17FN2O4S. The first-order valence-corrected chi connectivity index (χ1v) is 8.38. The number of anilines is 1. The lowest BCUT2D eigenvalue weighted by atomic mass is 10.2. The van der Waals surface area contributed by atoms with E-state index in [-0.39, 0.29) is 21.9 Å². The van der Waals surface area contributed by atoms with E-state index in [2.05, 4.69) is 5.32 Å². The van der Waals surface area contributed by atoms with Crippen LogP contribution in [0, 0.1) is 5.82 Å². The van der Waals surface area contributed by atoms with Crippen molar-refractivity contribution < 1.29 is 22.3 Å². The van der Waals surface area contributed by atoms with Gasteiger partial charge in [-0.05, 0) is 30.3 Å². The Kier molecular flexibility index (Phi) is 5.20. The van der Waals surface area contributed by atoms with Crippen LogP contribution in [0.1, 0.15) is 10.4 Å². The van der Waals surface area contributed by atoms with Gasteiger partial charge in [-0.2, -0.15) is 0 Å². The number of rotatable bonds is 5. The highest BCUT2D eigenvalue weighted by molar-refractivity contribution is 7.89. The molecule has 0 aromatic heterocycles. The Hall–Kier alpha value is -2.45. The van der Waals surface area contributed by atoms with E-state index in [0.29, 0.717) is 0 Å². The molecule has 0 aliphatic carbocycles. The maximum Gasteiger partial charge on any atom is 0.258 e. The van der Waals surface area contributed by atoms with Crippen LogP contribution in [0.2, 0.25) is 0 Å². The number of carbonyl (C=O) groups is 1. The number of hydrogen-bond donors (Lipinski definition) is 1. The Morgan fingerprint density at radius 3 is 2.42 bits per heavy atom. The standard InChI is InChI=1S/C16H17FN2O4S/c1-19(2)24(21,22)11-8-9-15(23-3)14(10-11)18-16(20)12-6-4-5-7-13(12)17/h4-10H,1-3H3,(H,18,20). The van der Waals surface area contributed by atoms with Gasteiger partial charge in [-0.1, -0.05) is 12.1 Å². The van der Waals surface area contributed by atoms with Crippen LogP contribution in [0.4, 0.5) is 10.1 Å². The molecule has 0 atom stereocenters. The average molecular weight is 352 g/mol. The predicted octanol–water partition coefficient (Wildman–Crippen LogP) is 2.34. The molecule has 0 unspecified atom stereocenters. The fourth-order valence-corrected chi connectivity index (χ4v) is 2.92. The molecule has 24 heavy (non-hydrogen) atoms. The first-order valence-electron chi connectivity index (χ1n) is 6.94. The van der Waals surface area contributed by atoms with Gasteiger partial charge in [-0.25, -0.2) is 17.1 Å². The summed E-state index contributed by atoms with van der Waals surface area (Å²) in [6.45, 7) is 0. The number of ether oxygens (including phenoxy) is 1. The van der Waals surface area contributed by atoms with E-state index in [0.717, 1.165) is 4.31 Å². The van der Waals surface area contributed by atoms with Gasteiger partial charge in [0.1, 0.15) is 11.6 Å². The number of amides is 1. The molecule has 0 aliphatic rings. The molecule has 1 N–H and O–H groups in total. The molecule has 0 aliphatic heterocycles. The molecule has 0 fully saturated rings. The lowest BCUT2D eigenvalue weighted by Gasteiger charge is -2.15. The van der Waals surface area contributed by atoms with Crippen molar-refractivity contribution in [3.05, 3.63) is 53.8 Å². The normalized spacial score (nSPS) is 11.4. The zero-order chi connectivity index (χ0) is 17.9. The van der Waals surface area contributed by atoms with Crippen LogP contribution < -0.4 is 10.1 Å². The second-order valence-corrected chi connectivity index (χ2v) is 7.24. The first kappa shape index (κ1) is 17.9. The third kappa shape index (κ3) is 3.55. The van der Waals surface area contributed by atoms with Gasteiger partial charge < -0.3 is 10.1 Å². The zero-order valence-corrected chi connectivity index (χ0v) is 14.2. The van der Waals surface area contributed by atoms with Crippen molar-refractivity contribution in [3.63, 3.8) is 0 Å². The number of benzene rings is 2. The fourth-order valence-electron chi connectivity index (χ4n) is 1.99. The van der Waals surface area contributed by atoms with E-state index in [1.54, 1.807) is 0 Å². The summed E-state index contributed by atoms with van der Waals surface area (Å²) in [5, 5.41) is 2.48. The number of halogens is 1. The van der Waals surface area contributed by atoms with Crippen molar-refractivity contribution in [3.8, 4) is 5.75 Å². The average Bonchev–Trinajstić information content (AvgIpc) is 2.54. The van der Waals surface area contributed by atoms with E-state index in [1.165, 1.54) is 63.7 Å². The van der Waals surface area contributed by atoms with Crippen LogP contribution >= 0.6 is 0 Å². The van der Waals surface area contributed by atoms with Gasteiger partial charge in [-0.3, -0.25) is 4.79 Å². The van der Waals surface area contributed by atoms with E-state index < -0.39 is 21.7 Å². The maximum absolute atomic E-state index is 13.7. The van der Waals surface area contributed by atoms with Gasteiger partial charge in [0.2, 0.25) is 10.0 Å². The highest BCUT2D eigenvalue weighted by atomic mass is 32.2. The van der Waals surface area contributed by atoms with E-state index >= 15 is 0 Å². The number of nitrogens with zero attached hydrogens (tertiary/aromatic N) is 1. The molecule has 0 saturated heterocycles. The van der Waals surface area contributed by atoms with Gasteiger partial charge in [0, 0.05) is 14.1 Å². The van der Waals surface area contributed by atoms with Crippen molar-refractivity contribution in [2.45, 2.75) is 4.90 Å². The molecule has 8 heteroatoms. The molecule has 128 valence electrons. The molecule has 0 bridgehead atoms. The number of carbonyl (C=O) groups excluding carboxylic acids is 1. The highest BCUT2D eigenvalue weighted by Crippen LogP contribution is 2.29. The van der Waals surface area contributed by atoms with Crippen LogP contribution in [0.25, 0.3) is 0 Å². The monoisotopic (exact) mass is 352 g/mol. The second kappa shape index (κ2) is 6.98. The molecule has 0 radical (unpaired) electrons. The Labute approximate surface area is 139 Å². The van der Waals surface area contributed by atoms with Crippen molar-refractivity contribution in [1.82, 2.24) is 4.31 Å². The van der Waals surface area contributed by atoms with Crippen LogP contribution in [0.15, 0.2) is 47.4 Å². The molecule has 0 heterocycles. The van der Waals surface area contributed by atoms with E-state index in [4.69, 9.17) is 4.74 Å². The maximum atomic E-state index is 13.7. The summed E-state index contributed by atoms with van der Waals surface area (Å²) in [5.74, 6) is -1.12. The summed E-state index contributed by atoms with van der Waals surface area (Å²) in [6.07, 6.45) is 0. The van der Waals surface area contributed by atoms with Crippen molar-refractivity contribution in [2.24, 2.45) is 0 Å². The van der Waals surface area contributed by atoms with Crippen LogP contribution in [0.3, 0.4) is 0 Å². The molecule has 6 nitrogen and oxygen atoms in total. The van der Waals surface area contributed by atoms with Gasteiger partial charge in [0.15, 0.2) is 0 Å². The predicted molar refractivity (Wildman–Crippen MR) is 88.2 cm³/mol. The number of methoxy groups -OCH3 is 1. The molecule has 0 saturated carbocycles. The molecule has 2 rings (SSSR count). The number of sulfonamides is 1. The lowest BCUT2D eigenvalue weighted by molar-refractivity contribution is 0.102.